The van der Waals surface area contributed by atoms with Crippen LogP contribution in [0.1, 0.15) is 15.9 Å². The van der Waals surface area contributed by atoms with Gasteiger partial charge in [0.05, 0.1) is 25.0 Å². The van der Waals surface area contributed by atoms with E-state index in [0.29, 0.717) is 18.7 Å². The summed E-state index contributed by atoms with van der Waals surface area (Å²) in [4.78, 5) is 16.1. The van der Waals surface area contributed by atoms with Gasteiger partial charge in [-0.15, -0.1) is 0 Å². The van der Waals surface area contributed by atoms with Gasteiger partial charge in [-0.05, 0) is 24.1 Å². The van der Waals surface area contributed by atoms with Crippen molar-refractivity contribution in [2.45, 2.75) is 6.42 Å². The van der Waals surface area contributed by atoms with Crippen molar-refractivity contribution >= 4 is 11.6 Å². The number of hydrogen-bond donors (Lipinski definition) is 2. The van der Waals surface area contributed by atoms with E-state index in [1.165, 1.54) is 0 Å². The average Bonchev–Trinajstić information content (AvgIpc) is 2.62. The molecule has 0 aliphatic rings. The molecule has 0 bridgehead atoms. The topological polar surface area (TPSA) is 72.5 Å². The summed E-state index contributed by atoms with van der Waals surface area (Å²) < 4.78 is 10.3. The first-order chi connectivity index (χ1) is 11.7. The van der Waals surface area contributed by atoms with Crippen LogP contribution in [0.2, 0.25) is 0 Å². The monoisotopic (exact) mass is 329 g/mol. The highest BCUT2D eigenvalue weighted by Crippen LogP contribution is 2.18. The summed E-state index contributed by atoms with van der Waals surface area (Å²) in [6.07, 6.45) is 4.07. The van der Waals surface area contributed by atoms with E-state index >= 15 is 0 Å². The van der Waals surface area contributed by atoms with Gasteiger partial charge >= 0.3 is 0 Å². The van der Waals surface area contributed by atoms with E-state index in [1.807, 2.05) is 24.3 Å². The number of carbonyl (C=O) groups is 1. The highest BCUT2D eigenvalue weighted by molar-refractivity contribution is 5.94. The number of hydrogen-bond acceptors (Lipinski definition) is 5. The number of anilines is 1. The molecule has 0 saturated carbocycles. The molecule has 2 N–H and O–H groups in total. The molecule has 0 aliphatic carbocycles. The molecule has 1 heterocycles. The van der Waals surface area contributed by atoms with Crippen LogP contribution in [0, 0.1) is 0 Å². The van der Waals surface area contributed by atoms with Gasteiger partial charge < -0.3 is 20.1 Å². The largest absolute Gasteiger partial charge is 0.496 e. The molecule has 2 aromatic rings. The molecule has 1 aromatic heterocycles. The first-order valence-corrected chi connectivity index (χ1v) is 7.82. The molecule has 0 spiro atoms. The Balaban J connectivity index is 1.89. The third kappa shape index (κ3) is 5.24. The molecule has 0 radical (unpaired) electrons. The van der Waals surface area contributed by atoms with E-state index in [9.17, 15) is 4.79 Å². The van der Waals surface area contributed by atoms with Gasteiger partial charge in [0.2, 0.25) is 0 Å². The zero-order chi connectivity index (χ0) is 17.2. The second-order valence-corrected chi connectivity index (χ2v) is 5.20. The van der Waals surface area contributed by atoms with Gasteiger partial charge in [-0.3, -0.25) is 9.78 Å². The van der Waals surface area contributed by atoms with Crippen molar-refractivity contribution in [2.75, 3.05) is 39.2 Å². The summed E-state index contributed by atoms with van der Waals surface area (Å²) in [7, 11) is 3.27. The standard InChI is InChI=1S/C18H23N3O3/c1-23-10-9-21-18(22)15-11-16(13-19-12-15)20-8-7-14-5-3-4-6-17(14)24-2/h3-6,11-13,20H,7-10H2,1-2H3,(H,21,22). The molecule has 1 amide bonds. The molecular weight excluding hydrogens is 306 g/mol. The SMILES string of the molecule is COCCNC(=O)c1cncc(NCCc2ccccc2OC)c1. The molecule has 6 heteroatoms. The van der Waals surface area contributed by atoms with Gasteiger partial charge in [-0.1, -0.05) is 18.2 Å². The first kappa shape index (κ1) is 17.7. The van der Waals surface area contributed by atoms with Gasteiger partial charge in [-0.2, -0.15) is 0 Å². The lowest BCUT2D eigenvalue weighted by atomic mass is 10.1. The Morgan fingerprint density at radius 1 is 1.17 bits per heavy atom. The maximum atomic E-state index is 12.0. The van der Waals surface area contributed by atoms with E-state index in [4.69, 9.17) is 9.47 Å². The molecule has 0 atom stereocenters. The Morgan fingerprint density at radius 2 is 2.00 bits per heavy atom. The van der Waals surface area contributed by atoms with E-state index in [0.717, 1.165) is 30.0 Å². The third-order valence-corrected chi connectivity index (χ3v) is 3.51. The number of nitrogens with one attached hydrogen (secondary N) is 2. The number of rotatable bonds is 9. The minimum Gasteiger partial charge on any atom is -0.496 e. The fourth-order valence-electron chi connectivity index (χ4n) is 2.28. The Morgan fingerprint density at radius 3 is 2.79 bits per heavy atom. The van der Waals surface area contributed by atoms with E-state index in [1.54, 1.807) is 32.7 Å². The second-order valence-electron chi connectivity index (χ2n) is 5.20. The van der Waals surface area contributed by atoms with Crippen LogP contribution in [0.5, 0.6) is 5.75 Å². The summed E-state index contributed by atoms with van der Waals surface area (Å²) in [5.41, 5.74) is 2.46. The first-order valence-electron chi connectivity index (χ1n) is 7.82. The number of benzene rings is 1. The van der Waals surface area contributed by atoms with Crippen LogP contribution >= 0.6 is 0 Å². The second kappa shape index (κ2) is 9.52. The number of amides is 1. The summed E-state index contributed by atoms with van der Waals surface area (Å²) in [5.74, 6) is 0.719. The number of aromatic nitrogens is 1. The number of methoxy groups -OCH3 is 2. The number of pyridine rings is 1. The Kier molecular flexibility index (Phi) is 7.04. The number of ether oxygens (including phenoxy) is 2. The van der Waals surface area contributed by atoms with E-state index < -0.39 is 0 Å². The molecular formula is C18H23N3O3. The molecule has 0 fully saturated rings. The lowest BCUT2D eigenvalue weighted by molar-refractivity contribution is 0.0937. The summed E-state index contributed by atoms with van der Waals surface area (Å²) in [5, 5.41) is 6.06. The van der Waals surface area contributed by atoms with Crippen LogP contribution < -0.4 is 15.4 Å². The highest BCUT2D eigenvalue weighted by atomic mass is 16.5. The normalized spacial score (nSPS) is 10.2. The van der Waals surface area contributed by atoms with Crippen LogP contribution in [-0.4, -0.2) is 44.8 Å². The molecule has 0 unspecified atom stereocenters. The van der Waals surface area contributed by atoms with Gasteiger partial charge in [0.25, 0.3) is 5.91 Å². The van der Waals surface area contributed by atoms with Gasteiger partial charge in [0.15, 0.2) is 0 Å². The van der Waals surface area contributed by atoms with Crippen LogP contribution in [0.4, 0.5) is 5.69 Å². The van der Waals surface area contributed by atoms with Crippen molar-refractivity contribution < 1.29 is 14.3 Å². The maximum absolute atomic E-state index is 12.0. The van der Waals surface area contributed by atoms with Crippen molar-refractivity contribution in [2.24, 2.45) is 0 Å². The molecule has 0 aliphatic heterocycles. The van der Waals surface area contributed by atoms with Crippen molar-refractivity contribution in [1.82, 2.24) is 10.3 Å². The molecule has 128 valence electrons. The smallest absolute Gasteiger partial charge is 0.253 e. The Labute approximate surface area is 142 Å². The average molecular weight is 329 g/mol. The van der Waals surface area contributed by atoms with Crippen LogP contribution in [0.3, 0.4) is 0 Å². The van der Waals surface area contributed by atoms with Gasteiger partial charge in [0, 0.05) is 32.6 Å². The minimum atomic E-state index is -0.159. The fourth-order valence-corrected chi connectivity index (χ4v) is 2.28. The summed E-state index contributed by atoms with van der Waals surface area (Å²) >= 11 is 0. The third-order valence-electron chi connectivity index (χ3n) is 3.51. The van der Waals surface area contributed by atoms with Crippen molar-refractivity contribution in [1.29, 1.82) is 0 Å². The Bertz CT molecular complexity index is 661. The predicted octanol–water partition coefficient (Wildman–Crippen LogP) is 2.12. The summed E-state index contributed by atoms with van der Waals surface area (Å²) in [6, 6.07) is 9.72. The summed E-state index contributed by atoms with van der Waals surface area (Å²) in [6.45, 7) is 1.67. The van der Waals surface area contributed by atoms with Gasteiger partial charge in [0.1, 0.15) is 5.75 Å². The predicted molar refractivity (Wildman–Crippen MR) is 93.6 cm³/mol. The quantitative estimate of drug-likeness (QED) is 0.690. The number of para-hydroxylation sites is 1. The highest BCUT2D eigenvalue weighted by Gasteiger charge is 2.07. The van der Waals surface area contributed by atoms with Crippen molar-refractivity contribution in [3.05, 3.63) is 53.9 Å². The van der Waals surface area contributed by atoms with E-state index in [-0.39, 0.29) is 5.91 Å². The molecule has 2 rings (SSSR count). The number of nitrogens with zero attached hydrogens (tertiary/aromatic N) is 1. The van der Waals surface area contributed by atoms with Crippen molar-refractivity contribution in [3.8, 4) is 5.75 Å². The zero-order valence-corrected chi connectivity index (χ0v) is 14.0. The van der Waals surface area contributed by atoms with Crippen molar-refractivity contribution in [3.63, 3.8) is 0 Å². The lowest BCUT2D eigenvalue weighted by Crippen LogP contribution is -2.27. The Hall–Kier alpha value is -2.60. The van der Waals surface area contributed by atoms with Crippen LogP contribution in [0.15, 0.2) is 42.7 Å². The maximum Gasteiger partial charge on any atom is 0.253 e. The molecule has 1 aromatic carbocycles. The number of carbonyl (C=O) groups excluding carboxylic acids is 1. The zero-order valence-electron chi connectivity index (χ0n) is 14.0. The van der Waals surface area contributed by atoms with Gasteiger partial charge in [-0.25, -0.2) is 0 Å². The molecule has 0 saturated heterocycles. The van der Waals surface area contributed by atoms with Crippen LogP contribution in [0.25, 0.3) is 0 Å². The molecule has 6 nitrogen and oxygen atoms in total. The fraction of sp³-hybridized carbons (Fsp3) is 0.333. The molecule has 24 heavy (non-hydrogen) atoms. The minimum absolute atomic E-state index is 0.159. The lowest BCUT2D eigenvalue weighted by Gasteiger charge is -2.10. The van der Waals surface area contributed by atoms with Crippen LogP contribution in [-0.2, 0) is 11.2 Å². The van der Waals surface area contributed by atoms with E-state index in [2.05, 4.69) is 15.6 Å².